The van der Waals surface area contributed by atoms with Gasteiger partial charge in [-0.25, -0.2) is 9.37 Å². The van der Waals surface area contributed by atoms with Gasteiger partial charge in [-0.2, -0.15) is 0 Å². The van der Waals surface area contributed by atoms with Gasteiger partial charge in [0, 0.05) is 31.2 Å². The van der Waals surface area contributed by atoms with Gasteiger partial charge in [0.1, 0.15) is 11.6 Å². The van der Waals surface area contributed by atoms with Crippen LogP contribution in [-0.2, 0) is 4.79 Å². The molecule has 0 saturated heterocycles. The lowest BCUT2D eigenvalue weighted by Gasteiger charge is -2.14. The van der Waals surface area contributed by atoms with Gasteiger partial charge in [0.05, 0.1) is 45.3 Å². The van der Waals surface area contributed by atoms with Crippen LogP contribution >= 0.6 is 22.9 Å². The maximum absolute atomic E-state index is 13.9. The van der Waals surface area contributed by atoms with Crippen molar-refractivity contribution in [3.05, 3.63) is 83.3 Å². The Morgan fingerprint density at radius 3 is 2.24 bits per heavy atom. The van der Waals surface area contributed by atoms with Crippen molar-refractivity contribution in [1.29, 1.82) is 0 Å². The Hall–Kier alpha value is -3.73. The molecule has 218 valence electrons. The van der Waals surface area contributed by atoms with Gasteiger partial charge < -0.3 is 15.4 Å². The minimum Gasteiger partial charge on any atom is -0.393 e. The summed E-state index contributed by atoms with van der Waals surface area (Å²) in [7, 11) is 1.56. The highest BCUT2D eigenvalue weighted by Crippen LogP contribution is 2.24. The van der Waals surface area contributed by atoms with Gasteiger partial charge in [0.25, 0.3) is 0 Å². The highest BCUT2D eigenvalue weighted by Gasteiger charge is 2.11. The molecule has 1 fully saturated rings. The van der Waals surface area contributed by atoms with Crippen molar-refractivity contribution in [3.8, 4) is 22.8 Å². The number of aromatic nitrogens is 5. The first-order valence-corrected chi connectivity index (χ1v) is 14.7. The number of carbonyl (C=O) groups excluding carboxylic acids is 1. The fraction of sp³-hybridized carbons (Fsp3) is 0.300. The second-order valence-electron chi connectivity index (χ2n) is 8.62. The number of thiazole rings is 1. The number of aliphatic hydroxyl groups is 1. The topological polar surface area (TPSA) is 117 Å². The molecule has 3 N–H and O–H groups in total. The Kier molecular flexibility index (Phi) is 15.8. The standard InChI is InChI=1S/C17H11FN4.C6H12O.C4H5NS.C2H5NO.CH3Cl/c18-12-6-2-1-5-11(12)17-21-15-9-14(20-10-16(15)22-17)13-7-3-4-8-19-13;7-6-4-2-1-3-5-6;1-4-5-2-3-6-4;1-3-2-4;1-2/h1-10H,(H,21,22);6-7H,1-5H2;2-3H,1H3;2H,1H3,(H,3,4);1H3. The highest BCUT2D eigenvalue weighted by atomic mass is 35.5. The van der Waals surface area contributed by atoms with E-state index in [4.69, 9.17) is 9.90 Å². The number of nitrogens with zero attached hydrogens (tertiary/aromatic N) is 4. The largest absolute Gasteiger partial charge is 0.393 e. The van der Waals surface area contributed by atoms with Crippen molar-refractivity contribution in [2.45, 2.75) is 45.1 Å². The van der Waals surface area contributed by atoms with E-state index >= 15 is 0 Å². The number of rotatable bonds is 3. The molecule has 4 heterocycles. The lowest BCUT2D eigenvalue weighted by atomic mass is 9.98. The molecule has 0 aliphatic heterocycles. The molecule has 1 aliphatic carbocycles. The third-order valence-corrected chi connectivity index (χ3v) is 6.38. The van der Waals surface area contributed by atoms with E-state index in [0.29, 0.717) is 17.8 Å². The quantitative estimate of drug-likeness (QED) is 0.155. The molecule has 11 heteroatoms. The number of amides is 1. The zero-order chi connectivity index (χ0) is 29.9. The molecule has 4 aromatic heterocycles. The van der Waals surface area contributed by atoms with Gasteiger partial charge >= 0.3 is 0 Å². The number of hydrogen-bond acceptors (Lipinski definition) is 7. The third-order valence-electron chi connectivity index (χ3n) is 5.67. The van der Waals surface area contributed by atoms with Crippen molar-refractivity contribution >= 4 is 40.4 Å². The highest BCUT2D eigenvalue weighted by molar-refractivity contribution is 7.09. The number of halogens is 2. The smallest absolute Gasteiger partial charge is 0.206 e. The first kappa shape index (κ1) is 33.5. The summed E-state index contributed by atoms with van der Waals surface area (Å²) in [6.45, 7) is 1.99. The van der Waals surface area contributed by atoms with Crippen LogP contribution in [0.5, 0.6) is 0 Å². The van der Waals surface area contributed by atoms with Crippen LogP contribution < -0.4 is 5.32 Å². The average molecular weight is 599 g/mol. The number of fused-ring (bicyclic) bond motifs is 1. The van der Waals surface area contributed by atoms with Crippen molar-refractivity contribution in [1.82, 2.24) is 30.2 Å². The number of aliphatic hydroxyl groups excluding tert-OH is 1. The van der Waals surface area contributed by atoms with Gasteiger partial charge in [-0.1, -0.05) is 37.5 Å². The number of hydrogen-bond donors (Lipinski definition) is 3. The number of H-pyrrole nitrogens is 1. The van der Waals surface area contributed by atoms with Crippen LogP contribution in [0.4, 0.5) is 4.39 Å². The predicted octanol–water partition coefficient (Wildman–Crippen LogP) is 6.81. The van der Waals surface area contributed by atoms with E-state index in [1.807, 2.05) is 36.6 Å². The fourth-order valence-electron chi connectivity index (χ4n) is 3.72. The summed E-state index contributed by atoms with van der Waals surface area (Å²) in [5, 5.41) is 14.3. The van der Waals surface area contributed by atoms with Gasteiger partial charge in [0.15, 0.2) is 0 Å². The summed E-state index contributed by atoms with van der Waals surface area (Å²) in [4.78, 5) is 29.2. The number of benzene rings is 1. The van der Waals surface area contributed by atoms with Crippen LogP contribution in [0.2, 0.25) is 0 Å². The normalized spacial score (nSPS) is 12.1. The molecule has 5 aromatic rings. The summed E-state index contributed by atoms with van der Waals surface area (Å²) in [5.41, 5.74) is 3.45. The van der Waals surface area contributed by atoms with Gasteiger partial charge in [-0.3, -0.25) is 19.7 Å². The van der Waals surface area contributed by atoms with E-state index in [1.165, 1.54) is 31.7 Å². The Labute approximate surface area is 249 Å². The van der Waals surface area contributed by atoms with Crippen molar-refractivity contribution in [3.63, 3.8) is 0 Å². The molecule has 0 spiro atoms. The summed E-state index contributed by atoms with van der Waals surface area (Å²) < 4.78 is 13.9. The molecule has 41 heavy (non-hydrogen) atoms. The molecule has 0 radical (unpaired) electrons. The van der Waals surface area contributed by atoms with Crippen LogP contribution in [0.25, 0.3) is 33.8 Å². The van der Waals surface area contributed by atoms with Crippen LogP contribution in [0.15, 0.2) is 72.5 Å². The molecule has 1 saturated carbocycles. The molecular formula is C30H36ClFN6O2S. The lowest BCUT2D eigenvalue weighted by Crippen LogP contribution is -2.09. The van der Waals surface area contributed by atoms with Crippen LogP contribution in [-0.4, -0.2) is 56.0 Å². The van der Waals surface area contributed by atoms with Gasteiger partial charge in [-0.15, -0.1) is 22.9 Å². The van der Waals surface area contributed by atoms with Crippen LogP contribution in [0.1, 0.15) is 37.1 Å². The first-order chi connectivity index (χ1) is 20.0. The van der Waals surface area contributed by atoms with Crippen molar-refractivity contribution in [2.75, 3.05) is 13.4 Å². The van der Waals surface area contributed by atoms with E-state index in [2.05, 4.69) is 41.8 Å². The summed E-state index contributed by atoms with van der Waals surface area (Å²) in [6, 6.07) is 14.0. The summed E-state index contributed by atoms with van der Waals surface area (Å²) in [6.07, 6.45) is 13.2. The number of aryl methyl sites for hydroxylation is 1. The summed E-state index contributed by atoms with van der Waals surface area (Å²) in [5.74, 6) is 0.188. The monoisotopic (exact) mass is 598 g/mol. The number of imidazole rings is 1. The van der Waals surface area contributed by atoms with Gasteiger partial charge in [-0.05, 0) is 50.1 Å². The second-order valence-corrected chi connectivity index (χ2v) is 9.72. The molecule has 0 bridgehead atoms. The molecule has 6 rings (SSSR count). The van der Waals surface area contributed by atoms with Gasteiger partial charge in [0.2, 0.25) is 6.41 Å². The predicted molar refractivity (Wildman–Crippen MR) is 165 cm³/mol. The Balaban J connectivity index is 0.000000252. The Morgan fingerprint density at radius 1 is 1.02 bits per heavy atom. The number of carbonyl (C=O) groups is 1. The maximum Gasteiger partial charge on any atom is 0.206 e. The van der Waals surface area contributed by atoms with E-state index in [9.17, 15) is 4.39 Å². The van der Waals surface area contributed by atoms with E-state index in [0.717, 1.165) is 40.3 Å². The lowest BCUT2D eigenvalue weighted by molar-refractivity contribution is -0.109. The van der Waals surface area contributed by atoms with E-state index in [-0.39, 0.29) is 11.9 Å². The molecule has 1 amide bonds. The van der Waals surface area contributed by atoms with Crippen LogP contribution in [0.3, 0.4) is 0 Å². The number of alkyl halides is 1. The fourth-order valence-corrected chi connectivity index (χ4v) is 4.16. The van der Waals surface area contributed by atoms with E-state index < -0.39 is 0 Å². The molecular weight excluding hydrogens is 563 g/mol. The first-order valence-electron chi connectivity index (χ1n) is 13.1. The second kappa shape index (κ2) is 19.4. The average Bonchev–Trinajstić information content (AvgIpc) is 3.68. The number of nitrogens with one attached hydrogen (secondary N) is 2. The number of pyridine rings is 2. The Bertz CT molecular complexity index is 1400. The summed E-state index contributed by atoms with van der Waals surface area (Å²) >= 11 is 6.31. The molecule has 1 aromatic carbocycles. The minimum atomic E-state index is -0.306. The number of aromatic amines is 1. The van der Waals surface area contributed by atoms with Crippen molar-refractivity contribution in [2.24, 2.45) is 0 Å². The molecule has 0 unspecified atom stereocenters. The minimum absolute atomic E-state index is 0.0359. The van der Waals surface area contributed by atoms with E-state index in [1.54, 1.807) is 55.2 Å². The maximum atomic E-state index is 13.9. The zero-order valence-electron chi connectivity index (χ0n) is 23.4. The van der Waals surface area contributed by atoms with Crippen molar-refractivity contribution < 1.29 is 14.3 Å². The molecule has 0 atom stereocenters. The van der Waals surface area contributed by atoms with Crippen LogP contribution in [0, 0.1) is 12.7 Å². The Morgan fingerprint density at radius 2 is 1.73 bits per heavy atom. The SMILES string of the molecule is CCl.CNC=O.Cc1nccs1.Fc1ccccc1-c1nc2cc(-c3ccccn3)ncc2[nH]1.OC1CCCCC1. The third kappa shape index (κ3) is 11.7. The zero-order valence-corrected chi connectivity index (χ0v) is 25.0. The molecule has 1 aliphatic rings. The molecule has 8 nitrogen and oxygen atoms in total.